The lowest BCUT2D eigenvalue weighted by Gasteiger charge is -2.27. The summed E-state index contributed by atoms with van der Waals surface area (Å²) in [4.78, 5) is 14.7. The summed E-state index contributed by atoms with van der Waals surface area (Å²) < 4.78 is 0. The Labute approximate surface area is 119 Å². The summed E-state index contributed by atoms with van der Waals surface area (Å²) in [7, 11) is 0. The van der Waals surface area contributed by atoms with E-state index in [0.29, 0.717) is 6.04 Å². The van der Waals surface area contributed by atoms with Crippen LogP contribution in [0.5, 0.6) is 0 Å². The number of halogens is 1. The number of carbonyl (C=O) groups excluding carboxylic acids is 1. The highest BCUT2D eigenvalue weighted by molar-refractivity contribution is 5.95. The Hall–Kier alpha value is -1.22. The second-order valence-corrected chi connectivity index (χ2v) is 5.84. The summed E-state index contributed by atoms with van der Waals surface area (Å²) in [5.74, 6) is 1.02. The van der Waals surface area contributed by atoms with Crippen molar-refractivity contribution in [1.82, 2.24) is 4.90 Å². The predicted octanol–water partition coefficient (Wildman–Crippen LogP) is 2.70. The number of carbonyl (C=O) groups is 1. The molecule has 4 heteroatoms. The molecule has 3 aliphatic rings. The fourth-order valence-corrected chi connectivity index (χ4v) is 3.78. The summed E-state index contributed by atoms with van der Waals surface area (Å²) in [5.41, 5.74) is 3.38. The SMILES string of the molecule is Cl.O=C(c1ccc2c(c1)CCN2)N1CC2CCC1C2. The molecule has 1 aromatic carbocycles. The number of likely N-dealkylation sites (tertiary alicyclic amines) is 1. The molecule has 1 saturated heterocycles. The van der Waals surface area contributed by atoms with Gasteiger partial charge in [-0.05, 0) is 55.4 Å². The molecule has 1 amide bonds. The van der Waals surface area contributed by atoms with Crippen LogP contribution >= 0.6 is 12.4 Å². The molecule has 102 valence electrons. The highest BCUT2D eigenvalue weighted by Gasteiger charge is 2.40. The number of hydrogen-bond donors (Lipinski definition) is 1. The zero-order valence-electron chi connectivity index (χ0n) is 10.9. The van der Waals surface area contributed by atoms with E-state index in [-0.39, 0.29) is 18.3 Å². The molecule has 19 heavy (non-hydrogen) atoms. The van der Waals surface area contributed by atoms with E-state index in [1.54, 1.807) is 0 Å². The van der Waals surface area contributed by atoms with Gasteiger partial charge in [-0.15, -0.1) is 12.4 Å². The fraction of sp³-hybridized carbons (Fsp3) is 0.533. The second-order valence-electron chi connectivity index (χ2n) is 5.84. The Balaban J connectivity index is 0.00000110. The van der Waals surface area contributed by atoms with Crippen molar-refractivity contribution in [3.8, 4) is 0 Å². The molecule has 0 radical (unpaired) electrons. The first-order valence-corrected chi connectivity index (χ1v) is 6.99. The first-order valence-electron chi connectivity index (χ1n) is 6.99. The van der Waals surface area contributed by atoms with Crippen LogP contribution in [0.15, 0.2) is 18.2 Å². The van der Waals surface area contributed by atoms with Crippen LogP contribution in [0, 0.1) is 5.92 Å². The number of benzene rings is 1. The third kappa shape index (κ3) is 2.00. The molecule has 1 saturated carbocycles. The number of nitrogens with zero attached hydrogens (tertiary/aromatic N) is 1. The standard InChI is InChI=1S/C15H18N2O.ClH/c18-15(17-9-10-1-3-13(17)7-10)12-2-4-14-11(8-12)5-6-16-14;/h2,4,8,10,13,16H,1,3,5-7,9H2;1H. The molecule has 2 fully saturated rings. The van der Waals surface area contributed by atoms with Crippen molar-refractivity contribution in [2.45, 2.75) is 31.7 Å². The van der Waals surface area contributed by atoms with Crippen LogP contribution in [0.3, 0.4) is 0 Å². The number of nitrogens with one attached hydrogen (secondary N) is 1. The van der Waals surface area contributed by atoms with Crippen molar-refractivity contribution in [1.29, 1.82) is 0 Å². The maximum Gasteiger partial charge on any atom is 0.254 e. The molecule has 1 aromatic rings. The predicted molar refractivity (Wildman–Crippen MR) is 78.0 cm³/mol. The molecular formula is C15H19ClN2O. The Kier molecular flexibility index (Phi) is 3.17. The van der Waals surface area contributed by atoms with Gasteiger partial charge in [-0.3, -0.25) is 4.79 Å². The summed E-state index contributed by atoms with van der Waals surface area (Å²) in [6.07, 6.45) is 4.81. The molecule has 1 aliphatic carbocycles. The maximum atomic E-state index is 12.5. The smallest absolute Gasteiger partial charge is 0.254 e. The molecule has 2 unspecified atom stereocenters. The van der Waals surface area contributed by atoms with Gasteiger partial charge >= 0.3 is 0 Å². The molecule has 2 aliphatic heterocycles. The van der Waals surface area contributed by atoms with Gasteiger partial charge in [0.1, 0.15) is 0 Å². The highest BCUT2D eigenvalue weighted by atomic mass is 35.5. The average molecular weight is 279 g/mol. The van der Waals surface area contributed by atoms with E-state index >= 15 is 0 Å². The van der Waals surface area contributed by atoms with Crippen LogP contribution in [-0.2, 0) is 6.42 Å². The average Bonchev–Trinajstić information content (AvgIpc) is 3.12. The van der Waals surface area contributed by atoms with Crippen LogP contribution in [0.2, 0.25) is 0 Å². The lowest BCUT2D eigenvalue weighted by molar-refractivity contribution is 0.0703. The van der Waals surface area contributed by atoms with Crippen molar-refractivity contribution in [2.24, 2.45) is 5.92 Å². The number of rotatable bonds is 1. The maximum absolute atomic E-state index is 12.5. The third-order valence-corrected chi connectivity index (χ3v) is 4.73. The van der Waals surface area contributed by atoms with Gasteiger partial charge in [-0.1, -0.05) is 0 Å². The van der Waals surface area contributed by atoms with Crippen molar-refractivity contribution in [3.63, 3.8) is 0 Å². The van der Waals surface area contributed by atoms with Crippen molar-refractivity contribution in [2.75, 3.05) is 18.4 Å². The van der Waals surface area contributed by atoms with E-state index in [1.807, 2.05) is 6.07 Å². The minimum Gasteiger partial charge on any atom is -0.384 e. The molecular weight excluding hydrogens is 260 g/mol. The van der Waals surface area contributed by atoms with Gasteiger partial charge in [0.05, 0.1) is 0 Å². The largest absolute Gasteiger partial charge is 0.384 e. The topological polar surface area (TPSA) is 32.3 Å². The molecule has 1 N–H and O–H groups in total. The Bertz CT molecular complexity index is 517. The van der Waals surface area contributed by atoms with Gasteiger partial charge in [0, 0.05) is 30.4 Å². The van der Waals surface area contributed by atoms with Gasteiger partial charge in [-0.2, -0.15) is 0 Å². The monoisotopic (exact) mass is 278 g/mol. The fourth-order valence-electron chi connectivity index (χ4n) is 3.78. The first-order chi connectivity index (χ1) is 8.81. The minimum absolute atomic E-state index is 0. The number of fused-ring (bicyclic) bond motifs is 3. The van der Waals surface area contributed by atoms with E-state index in [4.69, 9.17) is 0 Å². The number of hydrogen-bond acceptors (Lipinski definition) is 2. The van der Waals surface area contributed by atoms with Crippen molar-refractivity contribution < 1.29 is 4.79 Å². The molecule has 0 spiro atoms. The molecule has 4 rings (SSSR count). The zero-order chi connectivity index (χ0) is 12.1. The first kappa shape index (κ1) is 12.8. The Morgan fingerprint density at radius 1 is 1.32 bits per heavy atom. The van der Waals surface area contributed by atoms with Crippen molar-refractivity contribution in [3.05, 3.63) is 29.3 Å². The van der Waals surface area contributed by atoms with Crippen LogP contribution < -0.4 is 5.32 Å². The number of piperidine rings is 1. The Morgan fingerprint density at radius 2 is 2.21 bits per heavy atom. The summed E-state index contributed by atoms with van der Waals surface area (Å²) >= 11 is 0. The van der Waals surface area contributed by atoms with Crippen molar-refractivity contribution >= 4 is 24.0 Å². The molecule has 0 aromatic heterocycles. The van der Waals surface area contributed by atoms with E-state index in [9.17, 15) is 4.79 Å². The normalized spacial score (nSPS) is 26.8. The van der Waals surface area contributed by atoms with Crippen LogP contribution in [0.4, 0.5) is 5.69 Å². The summed E-state index contributed by atoms with van der Waals surface area (Å²) in [6.45, 7) is 1.99. The summed E-state index contributed by atoms with van der Waals surface area (Å²) in [5, 5.41) is 3.34. The Morgan fingerprint density at radius 3 is 2.95 bits per heavy atom. The molecule has 2 bridgehead atoms. The van der Waals surface area contributed by atoms with E-state index in [0.717, 1.165) is 31.0 Å². The van der Waals surface area contributed by atoms with Crippen LogP contribution in [0.1, 0.15) is 35.2 Å². The molecule has 3 nitrogen and oxygen atoms in total. The van der Waals surface area contributed by atoms with Gasteiger partial charge in [0.15, 0.2) is 0 Å². The number of amides is 1. The van der Waals surface area contributed by atoms with E-state index in [1.165, 1.54) is 30.5 Å². The zero-order valence-corrected chi connectivity index (χ0v) is 11.7. The quantitative estimate of drug-likeness (QED) is 0.857. The molecule has 2 heterocycles. The minimum atomic E-state index is 0. The number of anilines is 1. The third-order valence-electron chi connectivity index (χ3n) is 4.73. The second kappa shape index (κ2) is 4.71. The van der Waals surface area contributed by atoms with E-state index < -0.39 is 0 Å². The van der Waals surface area contributed by atoms with Gasteiger partial charge in [-0.25, -0.2) is 0 Å². The van der Waals surface area contributed by atoms with E-state index in [2.05, 4.69) is 22.3 Å². The highest BCUT2D eigenvalue weighted by Crippen LogP contribution is 2.38. The lowest BCUT2D eigenvalue weighted by atomic mass is 10.1. The summed E-state index contributed by atoms with van der Waals surface area (Å²) in [6, 6.07) is 6.65. The van der Waals surface area contributed by atoms with Crippen LogP contribution in [0.25, 0.3) is 0 Å². The van der Waals surface area contributed by atoms with Crippen LogP contribution in [-0.4, -0.2) is 29.9 Å². The van der Waals surface area contributed by atoms with Gasteiger partial charge in [0.2, 0.25) is 0 Å². The lowest BCUT2D eigenvalue weighted by Crippen LogP contribution is -2.37. The molecule has 2 atom stereocenters. The van der Waals surface area contributed by atoms with Gasteiger partial charge in [0.25, 0.3) is 5.91 Å². The van der Waals surface area contributed by atoms with Gasteiger partial charge < -0.3 is 10.2 Å².